The molecular weight excluding hydrogens is 500 g/mol. The number of anilines is 1. The van der Waals surface area contributed by atoms with Crippen LogP contribution in [0.5, 0.6) is 11.5 Å². The zero-order valence-electron chi connectivity index (χ0n) is 22.7. The molecule has 0 aromatic heterocycles. The van der Waals surface area contributed by atoms with Crippen molar-refractivity contribution < 1.29 is 22.7 Å². The zero-order valence-corrected chi connectivity index (χ0v) is 23.5. The van der Waals surface area contributed by atoms with Gasteiger partial charge in [0.1, 0.15) is 6.54 Å². The Bertz CT molecular complexity index is 1410. The van der Waals surface area contributed by atoms with Gasteiger partial charge in [0, 0.05) is 6.07 Å². The summed E-state index contributed by atoms with van der Waals surface area (Å²) in [6, 6.07) is 16.0. The minimum Gasteiger partial charge on any atom is -0.493 e. The predicted molar refractivity (Wildman–Crippen MR) is 150 cm³/mol. The van der Waals surface area contributed by atoms with Crippen molar-refractivity contribution in [3.8, 4) is 11.5 Å². The number of methoxy groups -OCH3 is 2. The lowest BCUT2D eigenvalue weighted by Crippen LogP contribution is -2.41. The van der Waals surface area contributed by atoms with Crippen LogP contribution in [0, 0.1) is 13.8 Å². The van der Waals surface area contributed by atoms with Crippen molar-refractivity contribution in [1.82, 2.24) is 5.32 Å². The average molecular weight is 537 g/mol. The number of amides is 1. The van der Waals surface area contributed by atoms with Crippen molar-refractivity contribution in [3.05, 3.63) is 82.4 Å². The van der Waals surface area contributed by atoms with Crippen LogP contribution >= 0.6 is 0 Å². The van der Waals surface area contributed by atoms with Crippen LogP contribution in [0.2, 0.25) is 0 Å². The molecule has 0 radical (unpaired) electrons. The van der Waals surface area contributed by atoms with Gasteiger partial charge in [0.25, 0.3) is 10.0 Å². The lowest BCUT2D eigenvalue weighted by Gasteiger charge is -2.26. The van der Waals surface area contributed by atoms with Gasteiger partial charge in [0.15, 0.2) is 11.5 Å². The molecule has 202 valence electrons. The fourth-order valence-electron chi connectivity index (χ4n) is 5.04. The summed E-state index contributed by atoms with van der Waals surface area (Å²) in [6.07, 6.45) is 4.53. The molecule has 0 unspecified atom stereocenters. The summed E-state index contributed by atoms with van der Waals surface area (Å²) in [7, 11) is -1.18. The second-order valence-corrected chi connectivity index (χ2v) is 11.8. The third-order valence-electron chi connectivity index (χ3n) is 6.97. The van der Waals surface area contributed by atoms with Crippen LogP contribution in [0.15, 0.2) is 59.5 Å². The largest absolute Gasteiger partial charge is 0.493 e. The van der Waals surface area contributed by atoms with Crippen LogP contribution in [0.3, 0.4) is 0 Å². The Labute approximate surface area is 225 Å². The predicted octanol–water partition coefficient (Wildman–Crippen LogP) is 5.27. The molecule has 8 heteroatoms. The number of rotatable bonds is 9. The number of sulfonamides is 1. The van der Waals surface area contributed by atoms with E-state index in [-0.39, 0.29) is 17.5 Å². The second-order valence-electron chi connectivity index (χ2n) is 9.90. The molecule has 1 amide bonds. The summed E-state index contributed by atoms with van der Waals surface area (Å²) >= 11 is 0. The Morgan fingerprint density at radius 1 is 0.895 bits per heavy atom. The molecule has 1 aliphatic rings. The van der Waals surface area contributed by atoms with Gasteiger partial charge in [-0.15, -0.1) is 0 Å². The Kier molecular flexibility index (Phi) is 8.31. The van der Waals surface area contributed by atoms with E-state index < -0.39 is 15.9 Å². The average Bonchev–Trinajstić information content (AvgIpc) is 2.90. The number of aryl methyl sites for hydroxylation is 4. The smallest absolute Gasteiger partial charge is 0.264 e. The van der Waals surface area contributed by atoms with E-state index in [9.17, 15) is 13.2 Å². The highest BCUT2D eigenvalue weighted by atomic mass is 32.2. The lowest BCUT2D eigenvalue weighted by atomic mass is 9.89. The lowest BCUT2D eigenvalue weighted by molar-refractivity contribution is -0.120. The van der Waals surface area contributed by atoms with Crippen molar-refractivity contribution in [2.75, 3.05) is 25.1 Å². The molecule has 3 aromatic rings. The number of hydrogen-bond donors (Lipinski definition) is 1. The number of hydrogen-bond acceptors (Lipinski definition) is 5. The molecule has 3 aromatic carbocycles. The number of ether oxygens (including phenoxy) is 2. The summed E-state index contributed by atoms with van der Waals surface area (Å²) in [5.41, 5.74) is 5.95. The van der Waals surface area contributed by atoms with Crippen LogP contribution < -0.4 is 19.1 Å². The minimum absolute atomic E-state index is 0.00449. The summed E-state index contributed by atoms with van der Waals surface area (Å²) in [4.78, 5) is 13.3. The van der Waals surface area contributed by atoms with Gasteiger partial charge < -0.3 is 14.8 Å². The first kappa shape index (κ1) is 27.5. The molecule has 0 heterocycles. The van der Waals surface area contributed by atoms with Crippen LogP contribution in [0.25, 0.3) is 0 Å². The van der Waals surface area contributed by atoms with Gasteiger partial charge in [-0.1, -0.05) is 24.3 Å². The molecular formula is C30H36N2O5S. The highest BCUT2D eigenvalue weighted by Crippen LogP contribution is 2.33. The monoisotopic (exact) mass is 536 g/mol. The maximum absolute atomic E-state index is 13.9. The molecule has 0 bridgehead atoms. The van der Waals surface area contributed by atoms with Gasteiger partial charge in [0.05, 0.1) is 30.8 Å². The van der Waals surface area contributed by atoms with Crippen molar-refractivity contribution in [2.24, 2.45) is 0 Å². The molecule has 0 saturated carbocycles. The quantitative estimate of drug-likeness (QED) is 0.403. The molecule has 1 aliphatic carbocycles. The highest BCUT2D eigenvalue weighted by molar-refractivity contribution is 7.92. The van der Waals surface area contributed by atoms with Gasteiger partial charge in [0.2, 0.25) is 5.91 Å². The van der Waals surface area contributed by atoms with E-state index in [0.29, 0.717) is 17.2 Å². The molecule has 38 heavy (non-hydrogen) atoms. The maximum Gasteiger partial charge on any atom is 0.264 e. The molecule has 0 spiro atoms. The third-order valence-corrected chi connectivity index (χ3v) is 8.74. The number of benzene rings is 3. The zero-order chi connectivity index (χ0) is 27.4. The Morgan fingerprint density at radius 2 is 1.55 bits per heavy atom. The summed E-state index contributed by atoms with van der Waals surface area (Å²) < 4.78 is 39.6. The van der Waals surface area contributed by atoms with Crippen LogP contribution in [0.1, 0.15) is 53.6 Å². The van der Waals surface area contributed by atoms with Crippen molar-refractivity contribution in [3.63, 3.8) is 0 Å². The van der Waals surface area contributed by atoms with E-state index in [1.807, 2.05) is 26.8 Å². The molecule has 4 rings (SSSR count). The minimum atomic E-state index is -4.12. The Hall–Kier alpha value is -3.52. The number of fused-ring (bicyclic) bond motifs is 1. The highest BCUT2D eigenvalue weighted by Gasteiger charge is 2.29. The molecule has 0 aliphatic heterocycles. The molecule has 1 atom stereocenters. The van der Waals surface area contributed by atoms with Gasteiger partial charge >= 0.3 is 0 Å². The van der Waals surface area contributed by atoms with Gasteiger partial charge in [-0.3, -0.25) is 9.10 Å². The van der Waals surface area contributed by atoms with Crippen LogP contribution in [-0.2, 0) is 27.7 Å². The molecule has 1 N–H and O–H groups in total. The van der Waals surface area contributed by atoms with E-state index in [2.05, 4.69) is 23.5 Å². The Morgan fingerprint density at radius 3 is 2.21 bits per heavy atom. The summed E-state index contributed by atoms with van der Waals surface area (Å²) in [6.45, 7) is 5.35. The first-order valence-electron chi connectivity index (χ1n) is 12.9. The number of carbonyl (C=O) groups excluding carboxylic acids is 1. The van der Waals surface area contributed by atoms with Gasteiger partial charge in [-0.25, -0.2) is 8.42 Å². The Balaban J connectivity index is 1.64. The van der Waals surface area contributed by atoms with E-state index >= 15 is 0 Å². The van der Waals surface area contributed by atoms with Crippen LogP contribution in [0.4, 0.5) is 5.69 Å². The van der Waals surface area contributed by atoms with Crippen molar-refractivity contribution in [2.45, 2.75) is 57.4 Å². The van der Waals surface area contributed by atoms with E-state index in [1.54, 1.807) is 18.2 Å². The topological polar surface area (TPSA) is 84.9 Å². The fraction of sp³-hybridized carbons (Fsp3) is 0.367. The van der Waals surface area contributed by atoms with E-state index in [1.165, 1.54) is 50.3 Å². The standard InChI is InChI=1S/C30H36N2O5S/c1-20-14-21(2)16-26(15-20)32(38(34,35)27-12-13-28(36-4)29(18-27)37-5)19-30(33)31-22(3)24-11-10-23-8-6-7-9-25(23)17-24/h10-18,22H,6-9,19H2,1-5H3,(H,31,33)/t22-/m1/s1. The number of nitrogens with zero attached hydrogens (tertiary/aromatic N) is 1. The van der Waals surface area contributed by atoms with E-state index in [4.69, 9.17) is 9.47 Å². The number of carbonyl (C=O) groups is 1. The molecule has 7 nitrogen and oxygen atoms in total. The first-order valence-corrected chi connectivity index (χ1v) is 14.3. The number of nitrogens with one attached hydrogen (secondary N) is 1. The molecule has 0 saturated heterocycles. The second kappa shape index (κ2) is 11.5. The van der Waals surface area contributed by atoms with Gasteiger partial charge in [-0.2, -0.15) is 0 Å². The summed E-state index contributed by atoms with van der Waals surface area (Å²) in [5, 5.41) is 3.01. The van der Waals surface area contributed by atoms with Gasteiger partial charge in [-0.05, 0) is 98.5 Å². The first-order chi connectivity index (χ1) is 18.1. The molecule has 0 fully saturated rings. The fourth-order valence-corrected chi connectivity index (χ4v) is 6.46. The summed E-state index contributed by atoms with van der Waals surface area (Å²) in [5.74, 6) is 0.318. The van der Waals surface area contributed by atoms with Crippen molar-refractivity contribution >= 4 is 21.6 Å². The van der Waals surface area contributed by atoms with Crippen LogP contribution in [-0.4, -0.2) is 35.1 Å². The SMILES string of the molecule is COc1ccc(S(=O)(=O)N(CC(=O)N[C@H](C)c2ccc3c(c2)CCCC3)c2cc(C)cc(C)c2)cc1OC. The van der Waals surface area contributed by atoms with E-state index in [0.717, 1.165) is 33.8 Å². The third kappa shape index (κ3) is 5.96. The normalized spacial score (nSPS) is 13.8. The maximum atomic E-state index is 13.9. The van der Waals surface area contributed by atoms with Crippen molar-refractivity contribution in [1.29, 1.82) is 0 Å².